The molecule has 11 nitrogen and oxygen atoms in total. The average Bonchev–Trinajstić information content (AvgIpc) is 3.76. The maximum atomic E-state index is 13.9. The molecule has 4 heterocycles. The highest BCUT2D eigenvalue weighted by atomic mass is 35.5. The van der Waals surface area contributed by atoms with Crippen LogP contribution in [0, 0.1) is 0 Å². The van der Waals surface area contributed by atoms with Crippen molar-refractivity contribution in [3.63, 3.8) is 0 Å². The number of phenolic OH excluding ortho intramolecular Hbond substituents is 1. The van der Waals surface area contributed by atoms with E-state index in [2.05, 4.69) is 20.3 Å². The second-order valence-corrected chi connectivity index (χ2v) is 13.2. The number of carbonyl (C=O) groups is 2. The largest absolute Gasteiger partial charge is 0.506 e. The standard InChI is InChI=1S/C33H39ClF3N7O4/c34-26-19-21(18-25(28(26)45)33(35,36)37)20-27(30(46)42-14-8-23(9-15-42)41-12-4-5-13-41)38-31(47)43-16-10-24(11-17-43)44-32(48)39-29(40-44)22-6-2-1-3-7-22/h1-3,6-7,18-19,23-24,27,45H,4-5,8-17,20H2,(H,38,47)(H,39,40,48)/t27-/m1/s1. The summed E-state index contributed by atoms with van der Waals surface area (Å²) in [6.07, 6.45) is -0.356. The Morgan fingerprint density at radius 2 is 1.58 bits per heavy atom. The fraction of sp³-hybridized carbons (Fsp3) is 0.515. The maximum absolute atomic E-state index is 13.9. The summed E-state index contributed by atoms with van der Waals surface area (Å²) in [6, 6.07) is 9.66. The molecule has 3 fully saturated rings. The molecule has 0 spiro atoms. The summed E-state index contributed by atoms with van der Waals surface area (Å²) in [7, 11) is 0. The predicted molar refractivity (Wildman–Crippen MR) is 173 cm³/mol. The number of nitrogens with one attached hydrogen (secondary N) is 2. The third-order valence-corrected chi connectivity index (χ3v) is 9.97. The zero-order chi connectivity index (χ0) is 34.0. The molecule has 258 valence electrons. The number of likely N-dealkylation sites (tertiary alicyclic amines) is 3. The zero-order valence-electron chi connectivity index (χ0n) is 26.4. The number of piperidine rings is 2. The Bertz CT molecular complexity index is 1660. The van der Waals surface area contributed by atoms with Crippen LogP contribution in [0.4, 0.5) is 18.0 Å². The van der Waals surface area contributed by atoms with Crippen molar-refractivity contribution >= 4 is 23.5 Å². The van der Waals surface area contributed by atoms with Gasteiger partial charge in [0.15, 0.2) is 5.82 Å². The van der Waals surface area contributed by atoms with Crippen molar-refractivity contribution < 1.29 is 27.9 Å². The number of amides is 3. The van der Waals surface area contributed by atoms with Gasteiger partial charge in [-0.25, -0.2) is 14.3 Å². The molecule has 0 bridgehead atoms. The lowest BCUT2D eigenvalue weighted by Gasteiger charge is -2.38. The van der Waals surface area contributed by atoms with Gasteiger partial charge >= 0.3 is 17.9 Å². The van der Waals surface area contributed by atoms with Crippen molar-refractivity contribution in [1.29, 1.82) is 0 Å². The minimum atomic E-state index is -4.87. The van der Waals surface area contributed by atoms with Gasteiger partial charge in [0.25, 0.3) is 0 Å². The Balaban J connectivity index is 1.15. The van der Waals surface area contributed by atoms with Gasteiger partial charge in [0.1, 0.15) is 11.8 Å². The van der Waals surface area contributed by atoms with Crippen LogP contribution < -0.4 is 11.0 Å². The Labute approximate surface area is 280 Å². The highest BCUT2D eigenvalue weighted by molar-refractivity contribution is 6.32. The van der Waals surface area contributed by atoms with Crippen LogP contribution in [0.25, 0.3) is 11.4 Å². The summed E-state index contributed by atoms with van der Waals surface area (Å²) in [4.78, 5) is 48.6. The van der Waals surface area contributed by atoms with E-state index in [1.165, 1.54) is 15.6 Å². The molecule has 1 atom stereocenters. The van der Waals surface area contributed by atoms with Crippen molar-refractivity contribution in [2.45, 2.75) is 69.2 Å². The number of hydrogen-bond donors (Lipinski definition) is 3. The summed E-state index contributed by atoms with van der Waals surface area (Å²) in [6.45, 7) is 3.60. The number of benzene rings is 2. The van der Waals surface area contributed by atoms with Gasteiger partial charge in [-0.05, 0) is 69.3 Å². The first-order valence-corrected chi connectivity index (χ1v) is 16.8. The summed E-state index contributed by atoms with van der Waals surface area (Å²) in [5.74, 6) is -1.01. The molecular weight excluding hydrogens is 651 g/mol. The van der Waals surface area contributed by atoms with Crippen LogP contribution in [0.1, 0.15) is 55.7 Å². The van der Waals surface area contributed by atoms with Crippen molar-refractivity contribution in [2.75, 3.05) is 39.3 Å². The number of aromatic nitrogens is 3. The van der Waals surface area contributed by atoms with E-state index in [1.54, 1.807) is 4.90 Å². The van der Waals surface area contributed by atoms with E-state index in [9.17, 15) is 32.7 Å². The van der Waals surface area contributed by atoms with Crippen LogP contribution in [0.5, 0.6) is 5.75 Å². The highest BCUT2D eigenvalue weighted by Gasteiger charge is 2.37. The smallest absolute Gasteiger partial charge is 0.420 e. The number of aromatic amines is 1. The summed E-state index contributed by atoms with van der Waals surface area (Å²) in [5, 5.41) is 16.8. The number of alkyl halides is 3. The summed E-state index contributed by atoms with van der Waals surface area (Å²) >= 11 is 5.98. The summed E-state index contributed by atoms with van der Waals surface area (Å²) < 4.78 is 42.4. The Kier molecular flexibility index (Phi) is 10.0. The summed E-state index contributed by atoms with van der Waals surface area (Å²) in [5.41, 5.74) is -0.818. The van der Waals surface area contributed by atoms with Crippen LogP contribution in [-0.4, -0.2) is 97.9 Å². The number of aromatic hydroxyl groups is 1. The lowest BCUT2D eigenvalue weighted by molar-refractivity contribution is -0.138. The number of nitrogens with zero attached hydrogens (tertiary/aromatic N) is 5. The molecule has 6 rings (SSSR count). The molecule has 3 saturated heterocycles. The van der Waals surface area contributed by atoms with Gasteiger partial charge in [-0.2, -0.15) is 13.2 Å². The maximum Gasteiger partial charge on any atom is 0.420 e. The zero-order valence-corrected chi connectivity index (χ0v) is 27.1. The average molecular weight is 690 g/mol. The monoisotopic (exact) mass is 689 g/mol. The molecule has 0 radical (unpaired) electrons. The third kappa shape index (κ3) is 7.49. The van der Waals surface area contributed by atoms with E-state index in [1.807, 2.05) is 30.3 Å². The lowest BCUT2D eigenvalue weighted by Crippen LogP contribution is -2.56. The van der Waals surface area contributed by atoms with Gasteiger partial charge in [0, 0.05) is 44.2 Å². The van der Waals surface area contributed by atoms with Gasteiger partial charge in [0.2, 0.25) is 5.91 Å². The minimum Gasteiger partial charge on any atom is -0.506 e. The molecule has 3 aliphatic rings. The molecule has 3 aromatic rings. The number of halogens is 4. The molecule has 3 N–H and O–H groups in total. The molecule has 0 saturated carbocycles. The van der Waals surface area contributed by atoms with Gasteiger partial charge in [-0.1, -0.05) is 41.9 Å². The van der Waals surface area contributed by atoms with E-state index < -0.39 is 34.6 Å². The topological polar surface area (TPSA) is 127 Å². The Hall–Kier alpha value is -4.04. The molecule has 3 aliphatic heterocycles. The normalized spacial score (nSPS) is 19.1. The third-order valence-electron chi connectivity index (χ3n) is 9.68. The van der Waals surface area contributed by atoms with Crippen LogP contribution in [0.15, 0.2) is 47.3 Å². The Morgan fingerprint density at radius 3 is 2.23 bits per heavy atom. The van der Waals surface area contributed by atoms with Gasteiger partial charge in [0.05, 0.1) is 16.6 Å². The highest BCUT2D eigenvalue weighted by Crippen LogP contribution is 2.40. The van der Waals surface area contributed by atoms with E-state index in [0.29, 0.717) is 37.8 Å². The molecule has 0 aliphatic carbocycles. The van der Waals surface area contributed by atoms with Crippen LogP contribution in [-0.2, 0) is 17.4 Å². The Morgan fingerprint density at radius 1 is 0.958 bits per heavy atom. The number of urea groups is 1. The lowest BCUT2D eigenvalue weighted by atomic mass is 9.99. The predicted octanol–water partition coefficient (Wildman–Crippen LogP) is 4.66. The van der Waals surface area contributed by atoms with Crippen molar-refractivity contribution in [3.05, 3.63) is 69.1 Å². The number of rotatable bonds is 7. The van der Waals surface area contributed by atoms with E-state index in [-0.39, 0.29) is 42.7 Å². The molecule has 1 aromatic heterocycles. The quantitative estimate of drug-likeness (QED) is 0.331. The van der Waals surface area contributed by atoms with Crippen molar-refractivity contribution in [3.8, 4) is 17.1 Å². The number of hydrogen-bond acceptors (Lipinski definition) is 6. The van der Waals surface area contributed by atoms with Gasteiger partial charge in [-0.3, -0.25) is 9.78 Å². The number of H-pyrrole nitrogens is 1. The molecule has 48 heavy (non-hydrogen) atoms. The SMILES string of the molecule is O=C(N[C@H](Cc1cc(Cl)c(O)c(C(F)(F)F)c1)C(=O)N1CCC(N2CCCC2)CC1)N1CCC(n2nc(-c3ccccc3)[nH]c2=O)CC1. The fourth-order valence-corrected chi connectivity index (χ4v) is 7.31. The molecule has 15 heteroatoms. The molecule has 0 unspecified atom stereocenters. The first-order chi connectivity index (χ1) is 23.0. The van der Waals surface area contributed by atoms with Gasteiger partial charge in [-0.15, -0.1) is 5.10 Å². The second kappa shape index (κ2) is 14.2. The first-order valence-electron chi connectivity index (χ1n) is 16.4. The molecule has 3 amide bonds. The molecule has 2 aromatic carbocycles. The number of carbonyl (C=O) groups excluding carboxylic acids is 2. The van der Waals surface area contributed by atoms with E-state index >= 15 is 0 Å². The van der Waals surface area contributed by atoms with Crippen LogP contribution in [0.2, 0.25) is 5.02 Å². The first kappa shape index (κ1) is 33.8. The molecular formula is C33H39ClF3N7O4. The number of phenols is 1. The van der Waals surface area contributed by atoms with Crippen LogP contribution >= 0.6 is 11.6 Å². The fourth-order valence-electron chi connectivity index (χ4n) is 7.07. The van der Waals surface area contributed by atoms with Crippen molar-refractivity contribution in [2.24, 2.45) is 0 Å². The minimum absolute atomic E-state index is 0.0570. The van der Waals surface area contributed by atoms with E-state index in [4.69, 9.17) is 11.6 Å². The van der Waals surface area contributed by atoms with E-state index in [0.717, 1.165) is 50.4 Å². The van der Waals surface area contributed by atoms with Crippen molar-refractivity contribution in [1.82, 2.24) is 34.8 Å². The second-order valence-electron chi connectivity index (χ2n) is 12.8. The van der Waals surface area contributed by atoms with Gasteiger partial charge < -0.3 is 25.1 Å². The van der Waals surface area contributed by atoms with Crippen LogP contribution in [0.3, 0.4) is 0 Å².